The number of hydrogen-bond donors (Lipinski definition) is 3. The summed E-state index contributed by atoms with van der Waals surface area (Å²) in [6.45, 7) is 1.35. The number of benzene rings is 1. The Morgan fingerprint density at radius 3 is 2.70 bits per heavy atom. The Balaban J connectivity index is 1.80. The van der Waals surface area contributed by atoms with Crippen molar-refractivity contribution in [3.8, 4) is 11.5 Å². The van der Waals surface area contributed by atoms with Gasteiger partial charge in [0.15, 0.2) is 0 Å². The van der Waals surface area contributed by atoms with Crippen LogP contribution < -0.4 is 5.32 Å². The molecule has 0 heterocycles. The van der Waals surface area contributed by atoms with Crippen molar-refractivity contribution in [3.05, 3.63) is 23.8 Å². The van der Waals surface area contributed by atoms with Crippen molar-refractivity contribution in [2.24, 2.45) is 0 Å². The van der Waals surface area contributed by atoms with E-state index < -0.39 is 0 Å². The van der Waals surface area contributed by atoms with Gasteiger partial charge in [0.2, 0.25) is 0 Å². The highest BCUT2D eigenvalue weighted by Crippen LogP contribution is 2.23. The van der Waals surface area contributed by atoms with Crippen LogP contribution >= 0.6 is 0 Å². The van der Waals surface area contributed by atoms with Crippen LogP contribution in [0.15, 0.2) is 18.2 Å². The van der Waals surface area contributed by atoms with Gasteiger partial charge in [-0.3, -0.25) is 4.79 Å². The van der Waals surface area contributed by atoms with Crippen molar-refractivity contribution in [2.45, 2.75) is 31.7 Å². The minimum atomic E-state index is -0.317. The molecule has 1 aromatic carbocycles. The second-order valence-corrected chi connectivity index (χ2v) is 5.38. The summed E-state index contributed by atoms with van der Waals surface area (Å²) in [4.78, 5) is 14.2. The lowest BCUT2D eigenvalue weighted by Crippen LogP contribution is -2.37. The Bertz CT molecular complexity index is 470. The molecule has 5 nitrogen and oxygen atoms in total. The van der Waals surface area contributed by atoms with Gasteiger partial charge in [-0.25, -0.2) is 0 Å². The second-order valence-electron chi connectivity index (χ2n) is 5.38. The van der Waals surface area contributed by atoms with Gasteiger partial charge in [-0.2, -0.15) is 0 Å². The molecule has 20 heavy (non-hydrogen) atoms. The van der Waals surface area contributed by atoms with Gasteiger partial charge in [0.05, 0.1) is 5.56 Å². The van der Waals surface area contributed by atoms with Crippen LogP contribution in [0.3, 0.4) is 0 Å². The Hall–Kier alpha value is -1.75. The Kier molecular flexibility index (Phi) is 4.84. The SMILES string of the molecule is CN(CCNC(=O)c1ccc(O)cc1O)C1CCCC1. The van der Waals surface area contributed by atoms with Crippen LogP contribution in [0.25, 0.3) is 0 Å². The van der Waals surface area contributed by atoms with Gasteiger partial charge in [-0.15, -0.1) is 0 Å². The Labute approximate surface area is 119 Å². The van der Waals surface area contributed by atoms with Gasteiger partial charge in [-0.1, -0.05) is 12.8 Å². The van der Waals surface area contributed by atoms with Crippen molar-refractivity contribution in [1.29, 1.82) is 0 Å². The molecule has 0 bridgehead atoms. The summed E-state index contributed by atoms with van der Waals surface area (Å²) in [7, 11) is 2.08. The molecule has 0 saturated heterocycles. The van der Waals surface area contributed by atoms with Crippen molar-refractivity contribution < 1.29 is 15.0 Å². The molecule has 3 N–H and O–H groups in total. The number of phenolic OH excluding ortho intramolecular Hbond substituents is 2. The predicted molar refractivity (Wildman–Crippen MR) is 77.0 cm³/mol. The van der Waals surface area contributed by atoms with E-state index in [1.54, 1.807) is 0 Å². The maximum absolute atomic E-state index is 11.9. The first-order valence-electron chi connectivity index (χ1n) is 7.08. The van der Waals surface area contributed by atoms with E-state index in [1.807, 2.05) is 0 Å². The fourth-order valence-corrected chi connectivity index (χ4v) is 2.68. The number of carbonyl (C=O) groups excluding carboxylic acids is 1. The summed E-state index contributed by atoms with van der Waals surface area (Å²) in [6.07, 6.45) is 5.07. The van der Waals surface area contributed by atoms with Gasteiger partial charge in [0.1, 0.15) is 11.5 Å². The molecule has 5 heteroatoms. The van der Waals surface area contributed by atoms with Gasteiger partial charge in [0.25, 0.3) is 5.91 Å². The maximum Gasteiger partial charge on any atom is 0.255 e. The van der Waals surface area contributed by atoms with E-state index in [9.17, 15) is 15.0 Å². The quantitative estimate of drug-likeness (QED) is 0.766. The molecule has 110 valence electrons. The van der Waals surface area contributed by atoms with Crippen LogP contribution in [0.1, 0.15) is 36.0 Å². The third-order valence-electron chi connectivity index (χ3n) is 3.92. The summed E-state index contributed by atoms with van der Waals surface area (Å²) in [6, 6.07) is 4.61. The lowest BCUT2D eigenvalue weighted by molar-refractivity contribution is 0.0944. The highest BCUT2D eigenvalue weighted by atomic mass is 16.3. The lowest BCUT2D eigenvalue weighted by Gasteiger charge is -2.23. The minimum absolute atomic E-state index is 0.0555. The van der Waals surface area contributed by atoms with E-state index in [0.29, 0.717) is 12.6 Å². The van der Waals surface area contributed by atoms with Crippen molar-refractivity contribution >= 4 is 5.91 Å². The van der Waals surface area contributed by atoms with Crippen molar-refractivity contribution in [2.75, 3.05) is 20.1 Å². The summed E-state index contributed by atoms with van der Waals surface area (Å²) in [5, 5.41) is 21.6. The summed E-state index contributed by atoms with van der Waals surface area (Å²) in [5.74, 6) is -0.575. The molecule has 1 amide bonds. The molecule has 1 fully saturated rings. The number of carbonyl (C=O) groups is 1. The van der Waals surface area contributed by atoms with Crippen molar-refractivity contribution in [1.82, 2.24) is 10.2 Å². The molecule has 0 radical (unpaired) electrons. The van der Waals surface area contributed by atoms with Gasteiger partial charge in [-0.05, 0) is 32.0 Å². The first-order valence-corrected chi connectivity index (χ1v) is 7.08. The van der Waals surface area contributed by atoms with Crippen LogP contribution in [0.2, 0.25) is 0 Å². The first kappa shape index (κ1) is 14.7. The third-order valence-corrected chi connectivity index (χ3v) is 3.92. The number of phenols is 2. The highest BCUT2D eigenvalue weighted by Gasteiger charge is 2.19. The summed E-state index contributed by atoms with van der Waals surface area (Å²) >= 11 is 0. The van der Waals surface area contributed by atoms with Crippen LogP contribution in [0.4, 0.5) is 0 Å². The molecule has 0 unspecified atom stereocenters. The zero-order chi connectivity index (χ0) is 14.5. The van der Waals surface area contributed by atoms with E-state index in [1.165, 1.54) is 43.9 Å². The number of rotatable bonds is 5. The molecule has 1 aliphatic carbocycles. The van der Waals surface area contributed by atoms with Crippen LogP contribution in [0, 0.1) is 0 Å². The Morgan fingerprint density at radius 1 is 1.35 bits per heavy atom. The standard InChI is InChI=1S/C15H22N2O3/c1-17(11-4-2-3-5-11)9-8-16-15(20)13-7-6-12(18)10-14(13)19/h6-7,10-11,18-19H,2-5,8-9H2,1H3,(H,16,20). The molecular weight excluding hydrogens is 256 g/mol. The third kappa shape index (κ3) is 3.63. The molecule has 0 aromatic heterocycles. The number of amides is 1. The average Bonchev–Trinajstić information content (AvgIpc) is 2.92. The molecule has 2 rings (SSSR count). The first-order chi connectivity index (χ1) is 9.58. The van der Waals surface area contributed by atoms with Crippen LogP contribution in [0.5, 0.6) is 11.5 Å². The monoisotopic (exact) mass is 278 g/mol. The minimum Gasteiger partial charge on any atom is -0.508 e. The maximum atomic E-state index is 11.9. The van der Waals surface area contributed by atoms with Gasteiger partial charge >= 0.3 is 0 Å². The smallest absolute Gasteiger partial charge is 0.255 e. The molecule has 1 saturated carbocycles. The molecule has 1 aromatic rings. The largest absolute Gasteiger partial charge is 0.508 e. The van der Waals surface area contributed by atoms with E-state index in [-0.39, 0.29) is 23.0 Å². The number of nitrogens with zero attached hydrogens (tertiary/aromatic N) is 1. The predicted octanol–water partition coefficient (Wildman–Crippen LogP) is 1.70. The van der Waals surface area contributed by atoms with Gasteiger partial charge in [0, 0.05) is 25.2 Å². The Morgan fingerprint density at radius 2 is 2.05 bits per heavy atom. The summed E-state index contributed by atoms with van der Waals surface area (Å²) < 4.78 is 0. The second kappa shape index (κ2) is 6.61. The van der Waals surface area contributed by atoms with E-state index >= 15 is 0 Å². The zero-order valence-corrected chi connectivity index (χ0v) is 11.8. The number of hydrogen-bond acceptors (Lipinski definition) is 4. The molecule has 1 aliphatic rings. The average molecular weight is 278 g/mol. The number of aromatic hydroxyl groups is 2. The fourth-order valence-electron chi connectivity index (χ4n) is 2.68. The topological polar surface area (TPSA) is 72.8 Å². The highest BCUT2D eigenvalue weighted by molar-refractivity contribution is 5.96. The van der Waals surface area contributed by atoms with Crippen LogP contribution in [-0.2, 0) is 0 Å². The lowest BCUT2D eigenvalue weighted by atomic mass is 10.2. The van der Waals surface area contributed by atoms with E-state index in [0.717, 1.165) is 6.54 Å². The van der Waals surface area contributed by atoms with Crippen LogP contribution in [-0.4, -0.2) is 47.2 Å². The van der Waals surface area contributed by atoms with E-state index in [2.05, 4.69) is 17.3 Å². The van der Waals surface area contributed by atoms with E-state index in [4.69, 9.17) is 0 Å². The number of likely N-dealkylation sites (N-methyl/N-ethyl adjacent to an activating group) is 1. The fraction of sp³-hybridized carbons (Fsp3) is 0.533. The molecule has 0 spiro atoms. The van der Waals surface area contributed by atoms with Crippen molar-refractivity contribution in [3.63, 3.8) is 0 Å². The molecule has 0 aliphatic heterocycles. The zero-order valence-electron chi connectivity index (χ0n) is 11.8. The molecular formula is C15H22N2O3. The van der Waals surface area contributed by atoms with Gasteiger partial charge < -0.3 is 20.4 Å². The summed E-state index contributed by atoms with van der Waals surface area (Å²) in [5.41, 5.74) is 0.186. The molecule has 0 atom stereocenters. The number of nitrogens with one attached hydrogen (secondary N) is 1. The normalized spacial score (nSPS) is 15.7.